The molecule has 0 atom stereocenters. The molecular formula is C22H22N2O6. The Labute approximate surface area is 173 Å². The molecule has 0 saturated heterocycles. The van der Waals surface area contributed by atoms with Crippen molar-refractivity contribution in [3.63, 3.8) is 0 Å². The highest BCUT2D eigenvalue weighted by Crippen LogP contribution is 2.25. The first-order valence-corrected chi connectivity index (χ1v) is 9.14. The van der Waals surface area contributed by atoms with Crippen molar-refractivity contribution in [2.45, 2.75) is 6.54 Å². The molecule has 3 aromatic rings. The molecular weight excluding hydrogens is 388 g/mol. The van der Waals surface area contributed by atoms with Crippen LogP contribution in [0.4, 0.5) is 0 Å². The van der Waals surface area contributed by atoms with Crippen molar-refractivity contribution < 1.29 is 28.3 Å². The van der Waals surface area contributed by atoms with Gasteiger partial charge in [-0.1, -0.05) is 35.5 Å². The molecule has 30 heavy (non-hydrogen) atoms. The third-order valence-corrected chi connectivity index (χ3v) is 4.41. The lowest BCUT2D eigenvalue weighted by atomic mass is 10.1. The van der Waals surface area contributed by atoms with Crippen molar-refractivity contribution in [3.8, 4) is 22.8 Å². The molecule has 1 aromatic heterocycles. The second-order valence-electron chi connectivity index (χ2n) is 6.40. The Balaban J connectivity index is 1.87. The molecule has 0 radical (unpaired) electrons. The number of carbonyl (C=O) groups excluding carboxylic acids is 2. The van der Waals surface area contributed by atoms with E-state index in [9.17, 15) is 9.59 Å². The molecule has 8 heteroatoms. The van der Waals surface area contributed by atoms with E-state index in [0.29, 0.717) is 22.8 Å². The lowest BCUT2D eigenvalue weighted by molar-refractivity contribution is -0.141. The molecule has 0 fully saturated rings. The molecule has 0 saturated carbocycles. The van der Waals surface area contributed by atoms with Gasteiger partial charge < -0.3 is 23.6 Å². The van der Waals surface area contributed by atoms with Crippen LogP contribution in [0.25, 0.3) is 11.3 Å². The summed E-state index contributed by atoms with van der Waals surface area (Å²) in [5, 5.41) is 3.97. The number of carbonyl (C=O) groups is 2. The van der Waals surface area contributed by atoms with Crippen LogP contribution in [-0.2, 0) is 16.1 Å². The number of ether oxygens (including phenoxy) is 3. The highest BCUT2D eigenvalue weighted by Gasteiger charge is 2.24. The van der Waals surface area contributed by atoms with E-state index in [-0.39, 0.29) is 18.8 Å². The number of rotatable bonds is 8. The first-order chi connectivity index (χ1) is 14.5. The molecule has 0 unspecified atom stereocenters. The van der Waals surface area contributed by atoms with Crippen molar-refractivity contribution in [3.05, 3.63) is 65.9 Å². The Morgan fingerprint density at radius 1 is 0.967 bits per heavy atom. The van der Waals surface area contributed by atoms with Crippen LogP contribution in [0.3, 0.4) is 0 Å². The molecule has 3 rings (SSSR count). The smallest absolute Gasteiger partial charge is 0.325 e. The summed E-state index contributed by atoms with van der Waals surface area (Å²) >= 11 is 0. The summed E-state index contributed by atoms with van der Waals surface area (Å²) in [7, 11) is 4.34. The Hall–Kier alpha value is -3.81. The number of hydrogen-bond donors (Lipinski definition) is 0. The van der Waals surface area contributed by atoms with E-state index in [1.165, 1.54) is 26.2 Å². The molecule has 0 aliphatic rings. The normalized spacial score (nSPS) is 10.4. The first kappa shape index (κ1) is 20.9. The molecule has 2 aromatic carbocycles. The molecule has 0 N–H and O–H groups in total. The van der Waals surface area contributed by atoms with Gasteiger partial charge in [-0.3, -0.25) is 9.59 Å². The minimum absolute atomic E-state index is 0.0209. The van der Waals surface area contributed by atoms with Crippen LogP contribution in [0.1, 0.15) is 16.1 Å². The van der Waals surface area contributed by atoms with Crippen molar-refractivity contribution in [2.24, 2.45) is 0 Å². The lowest BCUT2D eigenvalue weighted by Gasteiger charge is -2.21. The predicted octanol–water partition coefficient (Wildman–Crippen LogP) is 3.17. The average molecular weight is 410 g/mol. The van der Waals surface area contributed by atoms with Crippen molar-refractivity contribution >= 4 is 11.9 Å². The Morgan fingerprint density at radius 3 is 2.23 bits per heavy atom. The van der Waals surface area contributed by atoms with E-state index in [4.69, 9.17) is 18.7 Å². The van der Waals surface area contributed by atoms with Crippen LogP contribution in [0.2, 0.25) is 0 Å². The fourth-order valence-electron chi connectivity index (χ4n) is 2.87. The summed E-state index contributed by atoms with van der Waals surface area (Å²) in [5.41, 5.74) is 2.06. The van der Waals surface area contributed by atoms with E-state index >= 15 is 0 Å². The zero-order valence-corrected chi connectivity index (χ0v) is 17.0. The molecule has 0 aliphatic carbocycles. The van der Waals surface area contributed by atoms with Crippen molar-refractivity contribution in [1.82, 2.24) is 10.1 Å². The average Bonchev–Trinajstić information content (AvgIpc) is 3.28. The quantitative estimate of drug-likeness (QED) is 0.527. The maximum absolute atomic E-state index is 13.1. The van der Waals surface area contributed by atoms with Gasteiger partial charge in [-0.2, -0.15) is 0 Å². The highest BCUT2D eigenvalue weighted by atomic mass is 16.5. The van der Waals surface area contributed by atoms with Gasteiger partial charge in [-0.05, 0) is 17.7 Å². The molecule has 8 nitrogen and oxygen atoms in total. The van der Waals surface area contributed by atoms with Crippen LogP contribution >= 0.6 is 0 Å². The summed E-state index contributed by atoms with van der Waals surface area (Å²) in [4.78, 5) is 26.3. The van der Waals surface area contributed by atoms with Gasteiger partial charge in [0.05, 0.1) is 21.3 Å². The van der Waals surface area contributed by atoms with Gasteiger partial charge in [0.2, 0.25) is 5.76 Å². The van der Waals surface area contributed by atoms with Gasteiger partial charge in [0.15, 0.2) is 0 Å². The minimum Gasteiger partial charge on any atom is -0.497 e. The van der Waals surface area contributed by atoms with Crippen LogP contribution in [0.15, 0.2) is 59.1 Å². The third-order valence-electron chi connectivity index (χ3n) is 4.41. The molecule has 1 heterocycles. The molecule has 1 amide bonds. The monoisotopic (exact) mass is 410 g/mol. The largest absolute Gasteiger partial charge is 0.497 e. The summed E-state index contributed by atoms with van der Waals surface area (Å²) in [6, 6.07) is 16.1. The van der Waals surface area contributed by atoms with Gasteiger partial charge in [0.1, 0.15) is 23.7 Å². The van der Waals surface area contributed by atoms with Gasteiger partial charge in [0.25, 0.3) is 5.91 Å². The van der Waals surface area contributed by atoms with E-state index < -0.39 is 11.9 Å². The molecule has 0 aliphatic heterocycles. The van der Waals surface area contributed by atoms with Crippen LogP contribution in [0, 0.1) is 0 Å². The number of aromatic nitrogens is 1. The summed E-state index contributed by atoms with van der Waals surface area (Å²) in [5.74, 6) is 0.118. The molecule has 0 spiro atoms. The summed E-state index contributed by atoms with van der Waals surface area (Å²) in [6.45, 7) is -0.140. The summed E-state index contributed by atoms with van der Waals surface area (Å²) < 4.78 is 20.6. The topological polar surface area (TPSA) is 91.1 Å². The van der Waals surface area contributed by atoms with Crippen molar-refractivity contribution in [1.29, 1.82) is 0 Å². The zero-order valence-electron chi connectivity index (χ0n) is 17.0. The second kappa shape index (κ2) is 9.60. The van der Waals surface area contributed by atoms with Crippen LogP contribution < -0.4 is 9.47 Å². The van der Waals surface area contributed by atoms with Gasteiger partial charge in [-0.15, -0.1) is 0 Å². The first-order valence-electron chi connectivity index (χ1n) is 9.14. The standard InChI is InChI=1S/C22H22N2O6/c1-27-17-9-15(10-18(11-17)28-2)13-24(14-21(25)29-3)22(26)20-12-19(23-30-20)16-7-5-4-6-8-16/h4-12H,13-14H2,1-3H3. The SMILES string of the molecule is COC(=O)CN(Cc1cc(OC)cc(OC)c1)C(=O)c1cc(-c2ccccc2)no1. The van der Waals surface area contributed by atoms with E-state index in [1.807, 2.05) is 30.3 Å². The predicted molar refractivity (Wildman–Crippen MR) is 108 cm³/mol. The van der Waals surface area contributed by atoms with E-state index in [2.05, 4.69) is 5.16 Å². The maximum Gasteiger partial charge on any atom is 0.325 e. The number of hydrogen-bond acceptors (Lipinski definition) is 7. The highest BCUT2D eigenvalue weighted by molar-refractivity contribution is 5.94. The Morgan fingerprint density at radius 2 is 1.63 bits per heavy atom. The van der Waals surface area contributed by atoms with Crippen LogP contribution in [-0.4, -0.2) is 49.8 Å². The Bertz CT molecular complexity index is 993. The van der Waals surface area contributed by atoms with Crippen LogP contribution in [0.5, 0.6) is 11.5 Å². The second-order valence-corrected chi connectivity index (χ2v) is 6.40. The van der Waals surface area contributed by atoms with E-state index in [1.54, 1.807) is 24.3 Å². The zero-order chi connectivity index (χ0) is 21.5. The number of esters is 1. The molecule has 0 bridgehead atoms. The van der Waals surface area contributed by atoms with Gasteiger partial charge in [-0.25, -0.2) is 0 Å². The van der Waals surface area contributed by atoms with E-state index in [0.717, 1.165) is 5.56 Å². The summed E-state index contributed by atoms with van der Waals surface area (Å²) in [6.07, 6.45) is 0. The number of methoxy groups -OCH3 is 3. The fraction of sp³-hybridized carbons (Fsp3) is 0.227. The fourth-order valence-corrected chi connectivity index (χ4v) is 2.87. The Kier molecular flexibility index (Phi) is 6.69. The molecule has 156 valence electrons. The number of nitrogens with zero attached hydrogens (tertiary/aromatic N) is 2. The van der Waals surface area contributed by atoms with Gasteiger partial charge >= 0.3 is 5.97 Å². The van der Waals surface area contributed by atoms with Gasteiger partial charge in [0, 0.05) is 24.2 Å². The minimum atomic E-state index is -0.555. The third kappa shape index (κ3) is 4.96. The number of benzene rings is 2. The lowest BCUT2D eigenvalue weighted by Crippen LogP contribution is -2.35. The number of amides is 1. The van der Waals surface area contributed by atoms with Crippen molar-refractivity contribution in [2.75, 3.05) is 27.9 Å². The maximum atomic E-state index is 13.1.